The van der Waals surface area contributed by atoms with Crippen molar-refractivity contribution < 1.29 is 19.0 Å². The van der Waals surface area contributed by atoms with Crippen LogP contribution in [0.15, 0.2) is 36.4 Å². The van der Waals surface area contributed by atoms with Crippen LogP contribution < -0.4 is 5.32 Å². The Hall–Kier alpha value is -2.70. The molecule has 5 rings (SSSR count). The highest BCUT2D eigenvalue weighted by Gasteiger charge is 2.33. The van der Waals surface area contributed by atoms with Crippen LogP contribution in [0.4, 0.5) is 10.1 Å². The molecule has 0 saturated carbocycles. The highest BCUT2D eigenvalue weighted by atomic mass is 19.1. The SMILES string of the molecule is O=C1Nc2ccc(F)cc2/C1=C1\OCc2cc(CN3CCCCC3CO)ccc21. The maximum Gasteiger partial charge on any atom is 0.260 e. The average Bonchev–Trinajstić information content (AvgIpc) is 3.27. The van der Waals surface area contributed by atoms with Gasteiger partial charge in [0, 0.05) is 35.0 Å². The van der Waals surface area contributed by atoms with Gasteiger partial charge in [0.2, 0.25) is 0 Å². The lowest BCUT2D eigenvalue weighted by molar-refractivity contribution is -0.110. The number of amides is 1. The lowest BCUT2D eigenvalue weighted by Crippen LogP contribution is -2.41. The van der Waals surface area contributed by atoms with Gasteiger partial charge in [-0.15, -0.1) is 0 Å². The third-order valence-corrected chi connectivity index (χ3v) is 6.09. The molecule has 1 fully saturated rings. The maximum absolute atomic E-state index is 13.8. The Kier molecular flexibility index (Phi) is 4.60. The zero-order valence-electron chi connectivity index (χ0n) is 16.1. The predicted molar refractivity (Wildman–Crippen MR) is 108 cm³/mol. The number of benzene rings is 2. The lowest BCUT2D eigenvalue weighted by Gasteiger charge is -2.34. The third kappa shape index (κ3) is 3.22. The van der Waals surface area contributed by atoms with E-state index in [1.54, 1.807) is 6.07 Å². The Morgan fingerprint density at radius 2 is 2.07 bits per heavy atom. The van der Waals surface area contributed by atoms with Gasteiger partial charge in [0.25, 0.3) is 5.91 Å². The molecule has 0 aromatic heterocycles. The Labute approximate surface area is 168 Å². The first-order valence-corrected chi connectivity index (χ1v) is 10.1. The van der Waals surface area contributed by atoms with E-state index in [9.17, 15) is 14.3 Å². The summed E-state index contributed by atoms with van der Waals surface area (Å²) in [6.45, 7) is 2.37. The number of fused-ring (bicyclic) bond motifs is 2. The molecule has 2 N–H and O–H groups in total. The molecule has 1 atom stereocenters. The smallest absolute Gasteiger partial charge is 0.260 e. The summed E-state index contributed by atoms with van der Waals surface area (Å²) in [6.07, 6.45) is 3.36. The number of anilines is 1. The summed E-state index contributed by atoms with van der Waals surface area (Å²) in [4.78, 5) is 14.9. The minimum Gasteiger partial charge on any atom is -0.487 e. The highest BCUT2D eigenvalue weighted by molar-refractivity contribution is 6.36. The molecule has 29 heavy (non-hydrogen) atoms. The molecule has 2 aromatic carbocycles. The summed E-state index contributed by atoms with van der Waals surface area (Å²) in [5, 5.41) is 12.4. The van der Waals surface area contributed by atoms with Crippen molar-refractivity contribution in [3.63, 3.8) is 0 Å². The molecule has 5 nitrogen and oxygen atoms in total. The van der Waals surface area contributed by atoms with Gasteiger partial charge in [-0.1, -0.05) is 24.6 Å². The minimum atomic E-state index is -0.383. The monoisotopic (exact) mass is 394 g/mol. The second kappa shape index (κ2) is 7.28. The number of aliphatic hydroxyl groups is 1. The molecule has 0 spiro atoms. The quantitative estimate of drug-likeness (QED) is 0.782. The van der Waals surface area contributed by atoms with Gasteiger partial charge in [-0.2, -0.15) is 0 Å². The minimum absolute atomic E-state index is 0.190. The largest absolute Gasteiger partial charge is 0.487 e. The number of likely N-dealkylation sites (tertiary alicyclic amines) is 1. The molecule has 1 amide bonds. The van der Waals surface area contributed by atoms with Crippen molar-refractivity contribution in [2.45, 2.75) is 38.5 Å². The Bertz CT molecular complexity index is 1020. The highest BCUT2D eigenvalue weighted by Crippen LogP contribution is 2.42. The molecule has 0 bridgehead atoms. The normalized spacial score (nSPS) is 23.5. The summed E-state index contributed by atoms with van der Waals surface area (Å²) in [5.41, 5.74) is 4.62. The van der Waals surface area contributed by atoms with Crippen LogP contribution in [0.1, 0.15) is 41.5 Å². The topological polar surface area (TPSA) is 61.8 Å². The molecule has 2 aromatic rings. The average molecular weight is 394 g/mol. The van der Waals surface area contributed by atoms with Crippen molar-refractivity contribution in [3.05, 3.63) is 64.5 Å². The van der Waals surface area contributed by atoms with Gasteiger partial charge in [0.15, 0.2) is 0 Å². The standard InChI is InChI=1S/C23H23FN2O3/c24-16-5-7-20-19(10-16)21(23(28)25-20)22-18-6-4-14(9-15(18)13-29-22)11-26-8-2-1-3-17(26)12-27/h4-7,9-10,17,27H,1-3,8,11-13H2,(H,25,28)/b22-21+. The summed E-state index contributed by atoms with van der Waals surface area (Å²) in [7, 11) is 0. The van der Waals surface area contributed by atoms with Crippen LogP contribution in [-0.2, 0) is 22.7 Å². The first kappa shape index (κ1) is 18.3. The number of halogens is 1. The fourth-order valence-electron chi connectivity index (χ4n) is 4.60. The van der Waals surface area contributed by atoms with Gasteiger partial charge in [-0.05, 0) is 43.1 Å². The van der Waals surface area contributed by atoms with Crippen LogP contribution in [0.5, 0.6) is 0 Å². The maximum atomic E-state index is 13.8. The molecular weight excluding hydrogens is 371 g/mol. The van der Waals surface area contributed by atoms with E-state index < -0.39 is 0 Å². The zero-order valence-corrected chi connectivity index (χ0v) is 16.1. The van der Waals surface area contributed by atoms with Crippen LogP contribution in [-0.4, -0.2) is 35.1 Å². The van der Waals surface area contributed by atoms with E-state index >= 15 is 0 Å². The van der Waals surface area contributed by atoms with Gasteiger partial charge < -0.3 is 15.2 Å². The number of nitrogens with zero attached hydrogens (tertiary/aromatic N) is 1. The number of ether oxygens (including phenoxy) is 1. The summed E-state index contributed by atoms with van der Waals surface area (Å²) in [5.74, 6) is -0.136. The number of carbonyl (C=O) groups excluding carboxylic acids is 1. The van der Waals surface area contributed by atoms with Gasteiger partial charge in [0.1, 0.15) is 18.2 Å². The van der Waals surface area contributed by atoms with Crippen LogP contribution in [0.3, 0.4) is 0 Å². The molecule has 1 unspecified atom stereocenters. The Morgan fingerprint density at radius 3 is 2.93 bits per heavy atom. The third-order valence-electron chi connectivity index (χ3n) is 6.09. The molecular formula is C23H23FN2O3. The van der Waals surface area contributed by atoms with Crippen LogP contribution >= 0.6 is 0 Å². The van der Waals surface area contributed by atoms with Crippen molar-refractivity contribution in [2.24, 2.45) is 0 Å². The summed E-state index contributed by atoms with van der Waals surface area (Å²) >= 11 is 0. The Morgan fingerprint density at radius 1 is 1.17 bits per heavy atom. The number of hydrogen-bond acceptors (Lipinski definition) is 4. The molecule has 6 heteroatoms. The Balaban J connectivity index is 1.47. The lowest BCUT2D eigenvalue weighted by atomic mass is 9.98. The van der Waals surface area contributed by atoms with Gasteiger partial charge in [-0.25, -0.2) is 4.39 Å². The molecule has 3 heterocycles. The number of piperidine rings is 1. The molecule has 3 aliphatic rings. The predicted octanol–water partition coefficient (Wildman–Crippen LogP) is 3.52. The van der Waals surface area contributed by atoms with Crippen molar-refractivity contribution in [2.75, 3.05) is 18.5 Å². The zero-order chi connectivity index (χ0) is 20.0. The van der Waals surface area contributed by atoms with E-state index in [0.717, 1.165) is 37.1 Å². The first-order valence-electron chi connectivity index (χ1n) is 10.1. The molecule has 1 saturated heterocycles. The molecule has 0 radical (unpaired) electrons. The van der Waals surface area contributed by atoms with E-state index in [4.69, 9.17) is 4.74 Å². The summed E-state index contributed by atoms with van der Waals surface area (Å²) < 4.78 is 19.7. The van der Waals surface area contributed by atoms with Crippen molar-refractivity contribution in [1.82, 2.24) is 4.90 Å². The van der Waals surface area contributed by atoms with Crippen molar-refractivity contribution in [1.29, 1.82) is 0 Å². The van der Waals surface area contributed by atoms with Crippen molar-refractivity contribution >= 4 is 22.9 Å². The van der Waals surface area contributed by atoms with Gasteiger partial charge in [0.05, 0.1) is 12.2 Å². The van der Waals surface area contributed by atoms with Gasteiger partial charge >= 0.3 is 0 Å². The first-order chi connectivity index (χ1) is 14.1. The van der Waals surface area contributed by atoms with Crippen LogP contribution in [0, 0.1) is 5.82 Å². The fraction of sp³-hybridized carbons (Fsp3) is 0.348. The second-order valence-electron chi connectivity index (χ2n) is 7.93. The molecule has 3 aliphatic heterocycles. The van der Waals surface area contributed by atoms with E-state index in [1.807, 2.05) is 6.07 Å². The van der Waals surface area contributed by atoms with Crippen LogP contribution in [0.2, 0.25) is 0 Å². The van der Waals surface area contributed by atoms with Crippen molar-refractivity contribution in [3.8, 4) is 0 Å². The summed E-state index contributed by atoms with van der Waals surface area (Å²) in [6, 6.07) is 10.7. The van der Waals surface area contributed by atoms with Crippen LogP contribution in [0.25, 0.3) is 11.3 Å². The van der Waals surface area contributed by atoms with Gasteiger partial charge in [-0.3, -0.25) is 9.69 Å². The number of rotatable bonds is 3. The van der Waals surface area contributed by atoms with E-state index in [2.05, 4.69) is 22.3 Å². The number of hydrogen-bond donors (Lipinski definition) is 2. The van der Waals surface area contributed by atoms with E-state index in [0.29, 0.717) is 29.2 Å². The molecule has 0 aliphatic carbocycles. The fourth-order valence-corrected chi connectivity index (χ4v) is 4.60. The number of nitrogens with one attached hydrogen (secondary N) is 1. The van der Waals surface area contributed by atoms with E-state index in [1.165, 1.54) is 24.1 Å². The number of aliphatic hydroxyl groups excluding tert-OH is 1. The second-order valence-corrected chi connectivity index (χ2v) is 7.93. The van der Waals surface area contributed by atoms with E-state index in [-0.39, 0.29) is 24.4 Å². The molecule has 150 valence electrons. The number of carbonyl (C=O) groups is 1.